The Morgan fingerprint density at radius 1 is 1.14 bits per heavy atom. The zero-order valence-electron chi connectivity index (χ0n) is 15.8. The number of amides is 1. The van der Waals surface area contributed by atoms with Gasteiger partial charge in [0.2, 0.25) is 0 Å². The quantitative estimate of drug-likeness (QED) is 0.450. The molecule has 0 aliphatic carbocycles. The van der Waals surface area contributed by atoms with Crippen LogP contribution in [0.2, 0.25) is 0 Å². The van der Waals surface area contributed by atoms with E-state index in [2.05, 4.69) is 10.1 Å². The van der Waals surface area contributed by atoms with Crippen molar-refractivity contribution in [1.82, 2.24) is 0 Å². The molecule has 0 bridgehead atoms. The van der Waals surface area contributed by atoms with Gasteiger partial charge < -0.3 is 19.5 Å². The number of aryl methyl sites for hydroxylation is 1. The summed E-state index contributed by atoms with van der Waals surface area (Å²) in [6.07, 6.45) is 1.44. The number of nitriles is 1. The van der Waals surface area contributed by atoms with Crippen LogP contribution >= 0.6 is 0 Å². The van der Waals surface area contributed by atoms with Crippen molar-refractivity contribution in [2.24, 2.45) is 0 Å². The van der Waals surface area contributed by atoms with Crippen LogP contribution in [-0.2, 0) is 14.3 Å². The fraction of sp³-hybridized carbons (Fsp3) is 0.190. The van der Waals surface area contributed by atoms with Gasteiger partial charge in [0.05, 0.1) is 14.2 Å². The van der Waals surface area contributed by atoms with Crippen LogP contribution in [0.5, 0.6) is 11.5 Å². The Morgan fingerprint density at radius 2 is 1.93 bits per heavy atom. The average molecular weight is 380 g/mol. The van der Waals surface area contributed by atoms with Crippen LogP contribution in [0, 0.1) is 18.3 Å². The minimum absolute atomic E-state index is 0.0632. The Hall–Kier alpha value is -3.79. The minimum atomic E-state index is -0.523. The second kappa shape index (κ2) is 9.78. The van der Waals surface area contributed by atoms with E-state index in [4.69, 9.17) is 9.47 Å². The Balaban J connectivity index is 2.19. The van der Waals surface area contributed by atoms with Crippen molar-refractivity contribution >= 4 is 23.6 Å². The third-order valence-electron chi connectivity index (χ3n) is 3.71. The predicted molar refractivity (Wildman–Crippen MR) is 104 cm³/mol. The lowest BCUT2D eigenvalue weighted by molar-refractivity contribution is -0.142. The lowest BCUT2D eigenvalue weighted by Crippen LogP contribution is -2.13. The second-order valence-electron chi connectivity index (χ2n) is 5.77. The molecular formula is C21H20N2O5. The molecule has 0 aliphatic heterocycles. The van der Waals surface area contributed by atoms with Gasteiger partial charge in [-0.05, 0) is 48.4 Å². The summed E-state index contributed by atoms with van der Waals surface area (Å²) in [5.74, 6) is -0.342. The maximum atomic E-state index is 12.4. The smallest absolute Gasteiger partial charge is 0.343 e. The Labute approximate surface area is 163 Å². The molecule has 144 valence electrons. The predicted octanol–water partition coefficient (Wildman–Crippen LogP) is 3.10. The fourth-order valence-electron chi connectivity index (χ4n) is 2.33. The molecule has 0 aliphatic rings. The molecule has 0 heterocycles. The van der Waals surface area contributed by atoms with Crippen LogP contribution in [0.15, 0.2) is 48.0 Å². The molecule has 1 N–H and O–H groups in total. The molecule has 0 radical (unpaired) electrons. The molecule has 0 saturated carbocycles. The van der Waals surface area contributed by atoms with Gasteiger partial charge in [-0.1, -0.05) is 18.2 Å². The van der Waals surface area contributed by atoms with Crippen molar-refractivity contribution in [3.05, 3.63) is 59.2 Å². The Morgan fingerprint density at radius 3 is 2.57 bits per heavy atom. The van der Waals surface area contributed by atoms with Gasteiger partial charge in [-0.3, -0.25) is 4.79 Å². The first-order valence-corrected chi connectivity index (χ1v) is 8.34. The summed E-state index contributed by atoms with van der Waals surface area (Å²) in [6.45, 7) is 1.65. The van der Waals surface area contributed by atoms with E-state index in [0.717, 1.165) is 5.56 Å². The summed E-state index contributed by atoms with van der Waals surface area (Å²) >= 11 is 0. The first-order valence-electron chi connectivity index (χ1n) is 8.34. The zero-order chi connectivity index (χ0) is 20.5. The number of ether oxygens (including phenoxy) is 3. The van der Waals surface area contributed by atoms with E-state index in [9.17, 15) is 14.9 Å². The molecule has 7 nitrogen and oxygen atoms in total. The van der Waals surface area contributed by atoms with Gasteiger partial charge in [0, 0.05) is 5.69 Å². The van der Waals surface area contributed by atoms with Gasteiger partial charge in [0.1, 0.15) is 11.6 Å². The largest absolute Gasteiger partial charge is 0.493 e. The number of carbonyl (C=O) groups is 2. The van der Waals surface area contributed by atoms with Crippen LogP contribution in [0.1, 0.15) is 11.1 Å². The first-order chi connectivity index (χ1) is 13.5. The fourth-order valence-corrected chi connectivity index (χ4v) is 2.33. The van der Waals surface area contributed by atoms with E-state index >= 15 is 0 Å². The third-order valence-corrected chi connectivity index (χ3v) is 3.71. The molecule has 2 aromatic carbocycles. The van der Waals surface area contributed by atoms with Crippen LogP contribution < -0.4 is 14.8 Å². The van der Waals surface area contributed by atoms with Crippen LogP contribution in [0.4, 0.5) is 5.69 Å². The van der Waals surface area contributed by atoms with Gasteiger partial charge in [-0.25, -0.2) is 4.79 Å². The van der Waals surface area contributed by atoms with E-state index < -0.39 is 11.9 Å². The lowest BCUT2D eigenvalue weighted by Gasteiger charge is -2.10. The maximum absolute atomic E-state index is 12.4. The minimum Gasteiger partial charge on any atom is -0.493 e. The summed E-state index contributed by atoms with van der Waals surface area (Å²) in [6, 6.07) is 14.0. The summed E-state index contributed by atoms with van der Waals surface area (Å²) in [7, 11) is 2.71. The molecule has 2 aromatic rings. The number of methoxy groups -OCH3 is 2. The zero-order valence-corrected chi connectivity index (χ0v) is 15.8. The number of esters is 1. The average Bonchev–Trinajstić information content (AvgIpc) is 2.70. The topological polar surface area (TPSA) is 97.7 Å². The highest BCUT2D eigenvalue weighted by Gasteiger charge is 2.12. The Kier molecular flexibility index (Phi) is 7.17. The normalized spacial score (nSPS) is 10.6. The summed E-state index contributed by atoms with van der Waals surface area (Å²) in [5.41, 5.74) is 2.10. The van der Waals surface area contributed by atoms with Crippen molar-refractivity contribution in [2.75, 3.05) is 26.1 Å². The highest BCUT2D eigenvalue weighted by molar-refractivity contribution is 6.09. The maximum Gasteiger partial charge on any atom is 0.343 e. The van der Waals surface area contributed by atoms with Gasteiger partial charge >= 0.3 is 5.97 Å². The van der Waals surface area contributed by atoms with E-state index in [1.807, 2.05) is 31.2 Å². The highest BCUT2D eigenvalue weighted by atomic mass is 16.6. The number of anilines is 1. The van der Waals surface area contributed by atoms with E-state index in [1.165, 1.54) is 20.3 Å². The van der Waals surface area contributed by atoms with Crippen molar-refractivity contribution in [1.29, 1.82) is 5.26 Å². The number of carbonyl (C=O) groups excluding carboxylic acids is 2. The molecule has 0 fully saturated rings. The highest BCUT2D eigenvalue weighted by Crippen LogP contribution is 2.29. The molecule has 0 aromatic heterocycles. The number of benzene rings is 2. The molecule has 0 saturated heterocycles. The van der Waals surface area contributed by atoms with Crippen molar-refractivity contribution in [3.8, 4) is 17.6 Å². The van der Waals surface area contributed by atoms with E-state index in [0.29, 0.717) is 22.7 Å². The number of rotatable bonds is 7. The van der Waals surface area contributed by atoms with Gasteiger partial charge in [-0.15, -0.1) is 0 Å². The van der Waals surface area contributed by atoms with Crippen molar-refractivity contribution in [2.45, 2.75) is 6.92 Å². The molecule has 0 spiro atoms. The number of hydrogen-bond donors (Lipinski definition) is 1. The van der Waals surface area contributed by atoms with E-state index in [1.54, 1.807) is 24.3 Å². The molecule has 0 unspecified atom stereocenters. The van der Waals surface area contributed by atoms with Crippen molar-refractivity contribution < 1.29 is 23.8 Å². The summed E-state index contributed by atoms with van der Waals surface area (Å²) in [5, 5.41) is 12.1. The van der Waals surface area contributed by atoms with Crippen LogP contribution in [0.3, 0.4) is 0 Å². The lowest BCUT2D eigenvalue weighted by atomic mass is 10.1. The standard InChI is InChI=1S/C21H20N2O5/c1-14-5-4-6-17(9-14)23-21(25)16(12-22)10-15-7-8-18(19(11-15)26-2)28-13-20(24)27-3/h4-11H,13H2,1-3H3,(H,23,25). The van der Waals surface area contributed by atoms with E-state index in [-0.39, 0.29) is 12.2 Å². The molecular weight excluding hydrogens is 360 g/mol. The number of hydrogen-bond acceptors (Lipinski definition) is 6. The van der Waals surface area contributed by atoms with Gasteiger partial charge in [0.15, 0.2) is 18.1 Å². The number of nitrogens with zero attached hydrogens (tertiary/aromatic N) is 1. The van der Waals surface area contributed by atoms with Crippen LogP contribution in [0.25, 0.3) is 6.08 Å². The second-order valence-corrected chi connectivity index (χ2v) is 5.77. The monoisotopic (exact) mass is 380 g/mol. The molecule has 0 atom stereocenters. The molecule has 1 amide bonds. The summed E-state index contributed by atoms with van der Waals surface area (Å²) < 4.78 is 15.1. The van der Waals surface area contributed by atoms with Gasteiger partial charge in [-0.2, -0.15) is 5.26 Å². The molecule has 28 heavy (non-hydrogen) atoms. The SMILES string of the molecule is COC(=O)COc1ccc(C=C(C#N)C(=O)Nc2cccc(C)c2)cc1OC. The summed E-state index contributed by atoms with van der Waals surface area (Å²) in [4.78, 5) is 23.6. The Bertz CT molecular complexity index is 944. The molecule has 7 heteroatoms. The van der Waals surface area contributed by atoms with Crippen LogP contribution in [-0.4, -0.2) is 32.7 Å². The third kappa shape index (κ3) is 5.61. The van der Waals surface area contributed by atoms with Crippen molar-refractivity contribution in [3.63, 3.8) is 0 Å². The van der Waals surface area contributed by atoms with Gasteiger partial charge in [0.25, 0.3) is 5.91 Å². The first kappa shape index (κ1) is 20.5. The number of nitrogens with one attached hydrogen (secondary N) is 1. The molecule has 2 rings (SSSR count).